The van der Waals surface area contributed by atoms with Gasteiger partial charge in [-0.2, -0.15) is 8.78 Å². The molecule has 0 saturated carbocycles. The Morgan fingerprint density at radius 3 is 2.56 bits per heavy atom. The molecule has 2 aromatic carbocycles. The van der Waals surface area contributed by atoms with Gasteiger partial charge in [-0.1, -0.05) is 24.3 Å². The SMILES string of the molecule is CCOc1cc(C(CC(=O)NO)N2C(=O)c3ccccc3C2C(N)=O)ccc1OC(F)F. The number of halogens is 2. The van der Waals surface area contributed by atoms with Crippen molar-refractivity contribution in [2.45, 2.75) is 32.0 Å². The fourth-order valence-electron chi connectivity index (χ4n) is 3.74. The normalized spacial score (nSPS) is 16.0. The van der Waals surface area contributed by atoms with Crippen LogP contribution < -0.4 is 20.7 Å². The lowest BCUT2D eigenvalue weighted by Crippen LogP contribution is -2.40. The van der Waals surface area contributed by atoms with Crippen molar-refractivity contribution in [1.29, 1.82) is 0 Å². The minimum Gasteiger partial charge on any atom is -0.490 e. The second kappa shape index (κ2) is 9.60. The smallest absolute Gasteiger partial charge is 0.387 e. The van der Waals surface area contributed by atoms with Gasteiger partial charge >= 0.3 is 6.61 Å². The van der Waals surface area contributed by atoms with Crippen molar-refractivity contribution in [1.82, 2.24) is 10.4 Å². The molecule has 3 rings (SSSR count). The van der Waals surface area contributed by atoms with Crippen LogP contribution in [0.15, 0.2) is 42.5 Å². The number of ether oxygens (including phenoxy) is 2. The maximum atomic E-state index is 13.2. The zero-order valence-corrected chi connectivity index (χ0v) is 17.0. The monoisotopic (exact) mass is 449 g/mol. The number of rotatable bonds is 9. The molecule has 170 valence electrons. The molecule has 1 aliphatic rings. The van der Waals surface area contributed by atoms with Gasteiger partial charge in [0.15, 0.2) is 11.5 Å². The van der Waals surface area contributed by atoms with Gasteiger partial charge < -0.3 is 20.1 Å². The van der Waals surface area contributed by atoms with E-state index < -0.39 is 42.8 Å². The Morgan fingerprint density at radius 2 is 1.94 bits per heavy atom. The first-order chi connectivity index (χ1) is 15.3. The van der Waals surface area contributed by atoms with Crippen molar-refractivity contribution >= 4 is 17.7 Å². The molecule has 0 bridgehead atoms. The molecular formula is C21H21F2N3O6. The summed E-state index contributed by atoms with van der Waals surface area (Å²) in [6.45, 7) is -1.33. The van der Waals surface area contributed by atoms with Crippen molar-refractivity contribution in [3.63, 3.8) is 0 Å². The first-order valence-corrected chi connectivity index (χ1v) is 9.63. The van der Waals surface area contributed by atoms with Crippen LogP contribution in [0, 0.1) is 0 Å². The van der Waals surface area contributed by atoms with E-state index in [9.17, 15) is 23.2 Å². The van der Waals surface area contributed by atoms with Crippen molar-refractivity contribution in [2.75, 3.05) is 6.61 Å². The average molecular weight is 449 g/mol. The zero-order valence-electron chi connectivity index (χ0n) is 17.0. The molecule has 2 unspecified atom stereocenters. The van der Waals surface area contributed by atoms with Crippen molar-refractivity contribution in [3.05, 3.63) is 59.2 Å². The predicted octanol–water partition coefficient (Wildman–Crippen LogP) is 2.31. The van der Waals surface area contributed by atoms with Gasteiger partial charge in [-0.15, -0.1) is 0 Å². The minimum absolute atomic E-state index is 0.0421. The molecule has 1 heterocycles. The minimum atomic E-state index is -3.09. The molecule has 0 radical (unpaired) electrons. The third-order valence-corrected chi connectivity index (χ3v) is 4.98. The molecule has 1 aliphatic heterocycles. The van der Waals surface area contributed by atoms with Crippen LogP contribution in [-0.4, -0.2) is 41.0 Å². The van der Waals surface area contributed by atoms with Crippen LogP contribution >= 0.6 is 0 Å². The van der Waals surface area contributed by atoms with E-state index in [4.69, 9.17) is 15.7 Å². The molecule has 0 aromatic heterocycles. The summed E-state index contributed by atoms with van der Waals surface area (Å²) < 4.78 is 35.3. The summed E-state index contributed by atoms with van der Waals surface area (Å²) in [6.07, 6.45) is -0.444. The van der Waals surface area contributed by atoms with Crippen LogP contribution in [0.25, 0.3) is 0 Å². The fraction of sp³-hybridized carbons (Fsp3) is 0.286. The van der Waals surface area contributed by atoms with E-state index in [0.29, 0.717) is 5.56 Å². The number of carbonyl (C=O) groups excluding carboxylic acids is 3. The number of carbonyl (C=O) groups is 3. The summed E-state index contributed by atoms with van der Waals surface area (Å²) in [7, 11) is 0. The summed E-state index contributed by atoms with van der Waals surface area (Å²) in [5.41, 5.74) is 7.99. The quantitative estimate of drug-likeness (QED) is 0.398. The van der Waals surface area contributed by atoms with Gasteiger partial charge in [0.05, 0.1) is 19.1 Å². The van der Waals surface area contributed by atoms with Crippen LogP contribution in [0.1, 0.15) is 46.9 Å². The topological polar surface area (TPSA) is 131 Å². The van der Waals surface area contributed by atoms with Gasteiger partial charge in [-0.25, -0.2) is 5.48 Å². The van der Waals surface area contributed by atoms with Crippen LogP contribution in [0.3, 0.4) is 0 Å². The molecule has 0 saturated heterocycles. The van der Waals surface area contributed by atoms with E-state index in [2.05, 4.69) is 4.74 Å². The number of hydrogen-bond donors (Lipinski definition) is 3. The Kier molecular flexibility index (Phi) is 6.89. The Hall–Kier alpha value is -3.73. The molecule has 4 N–H and O–H groups in total. The number of nitrogens with two attached hydrogens (primary N) is 1. The van der Waals surface area contributed by atoms with Crippen LogP contribution in [-0.2, 0) is 9.59 Å². The lowest BCUT2D eigenvalue weighted by molar-refractivity contribution is -0.131. The van der Waals surface area contributed by atoms with Gasteiger partial charge in [0, 0.05) is 5.56 Å². The summed E-state index contributed by atoms with van der Waals surface area (Å²) >= 11 is 0. The number of nitrogens with zero attached hydrogens (tertiary/aromatic N) is 1. The Bertz CT molecular complexity index is 1030. The van der Waals surface area contributed by atoms with Gasteiger partial charge in [-0.3, -0.25) is 19.6 Å². The number of nitrogens with one attached hydrogen (secondary N) is 1. The highest BCUT2D eigenvalue weighted by molar-refractivity contribution is 6.04. The standard InChI is InChI=1S/C21H21F2N3O6/c1-2-31-16-9-11(7-8-15(16)32-21(22)23)14(10-17(27)25-30)26-18(19(24)28)12-5-3-4-6-13(12)20(26)29/h3-9,14,18,21,30H,2,10H2,1H3,(H2,24,28)(H,25,27). The molecule has 0 fully saturated rings. The molecular weight excluding hydrogens is 428 g/mol. The van der Waals surface area contributed by atoms with Crippen LogP contribution in [0.5, 0.6) is 11.5 Å². The summed E-state index contributed by atoms with van der Waals surface area (Å²) in [4.78, 5) is 38.7. The van der Waals surface area contributed by atoms with E-state index in [1.54, 1.807) is 25.1 Å². The first-order valence-electron chi connectivity index (χ1n) is 9.63. The van der Waals surface area contributed by atoms with Crippen LogP contribution in [0.4, 0.5) is 8.78 Å². The lowest BCUT2D eigenvalue weighted by atomic mass is 9.98. The summed E-state index contributed by atoms with van der Waals surface area (Å²) in [5, 5.41) is 9.05. The van der Waals surface area contributed by atoms with E-state index in [-0.39, 0.29) is 29.2 Å². The molecule has 2 aromatic rings. The molecule has 32 heavy (non-hydrogen) atoms. The predicted molar refractivity (Wildman–Crippen MR) is 106 cm³/mol. The highest BCUT2D eigenvalue weighted by Crippen LogP contribution is 2.43. The lowest BCUT2D eigenvalue weighted by Gasteiger charge is -2.32. The fourth-order valence-corrected chi connectivity index (χ4v) is 3.74. The second-order valence-electron chi connectivity index (χ2n) is 6.88. The van der Waals surface area contributed by atoms with Crippen molar-refractivity contribution in [2.24, 2.45) is 5.73 Å². The largest absolute Gasteiger partial charge is 0.490 e. The van der Waals surface area contributed by atoms with Crippen molar-refractivity contribution < 1.29 is 37.8 Å². The Morgan fingerprint density at radius 1 is 1.22 bits per heavy atom. The molecule has 0 spiro atoms. The number of alkyl halides is 2. The number of amides is 3. The Balaban J connectivity index is 2.11. The zero-order chi connectivity index (χ0) is 23.4. The van der Waals surface area contributed by atoms with Gasteiger partial charge in [0.25, 0.3) is 5.91 Å². The number of primary amides is 1. The average Bonchev–Trinajstić information content (AvgIpc) is 3.05. The molecule has 9 nitrogen and oxygen atoms in total. The molecule has 3 amide bonds. The first kappa shape index (κ1) is 22.9. The summed E-state index contributed by atoms with van der Waals surface area (Å²) in [6, 6.07) is 8.03. The molecule has 11 heteroatoms. The number of benzene rings is 2. The Labute approximate surface area is 181 Å². The number of hydrogen-bond acceptors (Lipinski definition) is 6. The van der Waals surface area contributed by atoms with Gasteiger partial charge in [-0.05, 0) is 36.2 Å². The third kappa shape index (κ3) is 4.47. The molecule has 2 atom stereocenters. The second-order valence-corrected chi connectivity index (χ2v) is 6.88. The van der Waals surface area contributed by atoms with E-state index in [1.807, 2.05) is 0 Å². The van der Waals surface area contributed by atoms with Gasteiger partial charge in [0.2, 0.25) is 11.8 Å². The van der Waals surface area contributed by atoms with E-state index in [1.165, 1.54) is 29.7 Å². The highest BCUT2D eigenvalue weighted by atomic mass is 19.3. The van der Waals surface area contributed by atoms with E-state index >= 15 is 0 Å². The summed E-state index contributed by atoms with van der Waals surface area (Å²) in [5.74, 6) is -2.49. The number of hydroxylamine groups is 1. The maximum Gasteiger partial charge on any atom is 0.387 e. The van der Waals surface area contributed by atoms with E-state index in [0.717, 1.165) is 4.90 Å². The van der Waals surface area contributed by atoms with Crippen LogP contribution in [0.2, 0.25) is 0 Å². The van der Waals surface area contributed by atoms with Gasteiger partial charge in [0.1, 0.15) is 6.04 Å². The third-order valence-electron chi connectivity index (χ3n) is 4.98. The molecule has 0 aliphatic carbocycles. The highest BCUT2D eigenvalue weighted by Gasteiger charge is 2.44. The van der Waals surface area contributed by atoms with Crippen molar-refractivity contribution in [3.8, 4) is 11.5 Å². The number of fused-ring (bicyclic) bond motifs is 1. The maximum absolute atomic E-state index is 13.2.